The van der Waals surface area contributed by atoms with Gasteiger partial charge in [-0.1, -0.05) is 69.3 Å². The highest BCUT2D eigenvalue weighted by Crippen LogP contribution is 2.26. The number of aliphatic imine (C=N–C) groups is 2. The molecular formula is C28H38N4. The number of hydrogen-bond acceptors (Lipinski definition) is 2. The summed E-state index contributed by atoms with van der Waals surface area (Å²) in [6.45, 7) is 17.4. The van der Waals surface area contributed by atoms with Gasteiger partial charge in [-0.2, -0.15) is 0 Å². The summed E-state index contributed by atoms with van der Waals surface area (Å²) < 4.78 is 0. The largest absolute Gasteiger partial charge is 0.379 e. The van der Waals surface area contributed by atoms with Crippen molar-refractivity contribution in [1.29, 1.82) is 0 Å². The van der Waals surface area contributed by atoms with Crippen LogP contribution >= 0.6 is 0 Å². The van der Waals surface area contributed by atoms with Gasteiger partial charge in [0.05, 0.1) is 6.54 Å². The van der Waals surface area contributed by atoms with Gasteiger partial charge in [0, 0.05) is 24.0 Å². The summed E-state index contributed by atoms with van der Waals surface area (Å²) in [5.74, 6) is 1.49. The number of aryl methyl sites for hydroxylation is 1. The van der Waals surface area contributed by atoms with Crippen molar-refractivity contribution in [3.8, 4) is 0 Å². The average Bonchev–Trinajstić information content (AvgIpc) is 2.75. The van der Waals surface area contributed by atoms with Gasteiger partial charge in [-0.05, 0) is 61.9 Å². The van der Waals surface area contributed by atoms with E-state index in [1.54, 1.807) is 7.05 Å². The number of nitrogens with zero attached hydrogens (tertiary/aromatic N) is 2. The van der Waals surface area contributed by atoms with Crippen LogP contribution < -0.4 is 10.6 Å². The third-order valence-electron chi connectivity index (χ3n) is 5.56. The van der Waals surface area contributed by atoms with Crippen molar-refractivity contribution >= 4 is 17.4 Å². The Kier molecular flexibility index (Phi) is 9.01. The van der Waals surface area contributed by atoms with Crippen LogP contribution in [0.5, 0.6) is 0 Å². The molecule has 0 aromatic heterocycles. The Bertz CT molecular complexity index is 1010. The van der Waals surface area contributed by atoms with Crippen molar-refractivity contribution in [2.45, 2.75) is 53.4 Å². The molecule has 0 spiro atoms. The minimum atomic E-state index is 0.162. The van der Waals surface area contributed by atoms with Gasteiger partial charge in [0.15, 0.2) is 5.84 Å². The van der Waals surface area contributed by atoms with Crippen LogP contribution in [0.1, 0.15) is 57.7 Å². The third-order valence-corrected chi connectivity index (χ3v) is 5.56. The van der Waals surface area contributed by atoms with E-state index >= 15 is 0 Å². The lowest BCUT2D eigenvalue weighted by atomic mass is 9.82. The van der Waals surface area contributed by atoms with Crippen LogP contribution in [0.3, 0.4) is 0 Å². The molecule has 4 heteroatoms. The van der Waals surface area contributed by atoms with E-state index in [9.17, 15) is 0 Å². The zero-order valence-corrected chi connectivity index (χ0v) is 20.7. The van der Waals surface area contributed by atoms with E-state index in [0.29, 0.717) is 12.4 Å². The quantitative estimate of drug-likeness (QED) is 0.280. The van der Waals surface area contributed by atoms with Gasteiger partial charge in [-0.25, -0.2) is 4.99 Å². The topological polar surface area (TPSA) is 48.8 Å². The summed E-state index contributed by atoms with van der Waals surface area (Å²) in [7, 11) is 1.78. The SMILES string of the molecule is C=C(C)/C=C(/CNc1cccc(C)c1)NC(C)=NC(=NC)c1ccc(C(C)(C)CC)cc1. The smallest absolute Gasteiger partial charge is 0.156 e. The number of allylic oxidation sites excluding steroid dienone is 2. The Balaban J connectivity index is 2.15. The van der Waals surface area contributed by atoms with Gasteiger partial charge >= 0.3 is 0 Å². The molecule has 2 aromatic rings. The number of rotatable bonds is 8. The number of amidine groups is 2. The highest BCUT2D eigenvalue weighted by Gasteiger charge is 2.17. The molecule has 0 aliphatic rings. The third kappa shape index (κ3) is 7.52. The highest BCUT2D eigenvalue weighted by atomic mass is 15.1. The molecule has 0 saturated heterocycles. The maximum absolute atomic E-state index is 4.75. The van der Waals surface area contributed by atoms with Crippen molar-refractivity contribution in [2.75, 3.05) is 18.9 Å². The van der Waals surface area contributed by atoms with E-state index in [2.05, 4.69) is 98.4 Å². The monoisotopic (exact) mass is 430 g/mol. The first-order valence-corrected chi connectivity index (χ1v) is 11.2. The molecule has 0 heterocycles. The van der Waals surface area contributed by atoms with Crippen LogP contribution in [0, 0.1) is 6.92 Å². The molecule has 0 radical (unpaired) electrons. The molecule has 0 amide bonds. The van der Waals surface area contributed by atoms with Crippen LogP contribution in [0.4, 0.5) is 5.69 Å². The first-order valence-electron chi connectivity index (χ1n) is 11.2. The summed E-state index contributed by atoms with van der Waals surface area (Å²) >= 11 is 0. The molecule has 2 aromatic carbocycles. The van der Waals surface area contributed by atoms with Gasteiger partial charge in [-0.15, -0.1) is 0 Å². The first-order chi connectivity index (χ1) is 15.1. The van der Waals surface area contributed by atoms with E-state index in [-0.39, 0.29) is 5.41 Å². The molecule has 32 heavy (non-hydrogen) atoms. The van der Waals surface area contributed by atoms with Gasteiger partial charge in [-0.3, -0.25) is 4.99 Å². The predicted octanol–water partition coefficient (Wildman–Crippen LogP) is 6.64. The minimum Gasteiger partial charge on any atom is -0.379 e. The van der Waals surface area contributed by atoms with E-state index in [1.807, 2.05) is 19.9 Å². The molecule has 0 atom stereocenters. The summed E-state index contributed by atoms with van der Waals surface area (Å²) in [5.41, 5.74) is 6.78. The number of benzene rings is 2. The molecule has 0 bridgehead atoms. The highest BCUT2D eigenvalue weighted by molar-refractivity contribution is 6.06. The lowest BCUT2D eigenvalue weighted by molar-refractivity contribution is 0.506. The van der Waals surface area contributed by atoms with Gasteiger partial charge < -0.3 is 10.6 Å². The number of anilines is 1. The van der Waals surface area contributed by atoms with E-state index in [4.69, 9.17) is 4.99 Å². The van der Waals surface area contributed by atoms with Crippen molar-refractivity contribution in [3.63, 3.8) is 0 Å². The van der Waals surface area contributed by atoms with Crippen LogP contribution in [0.15, 0.2) is 82.4 Å². The molecule has 0 unspecified atom stereocenters. The summed E-state index contributed by atoms with van der Waals surface area (Å²) in [6, 6.07) is 16.9. The lowest BCUT2D eigenvalue weighted by Crippen LogP contribution is -2.26. The Morgan fingerprint density at radius 1 is 1.09 bits per heavy atom. The fourth-order valence-electron chi connectivity index (χ4n) is 3.32. The Hall–Kier alpha value is -3.14. The fraction of sp³-hybridized carbons (Fsp3) is 0.357. The second kappa shape index (κ2) is 11.5. The van der Waals surface area contributed by atoms with E-state index in [1.165, 1.54) is 11.1 Å². The van der Waals surface area contributed by atoms with Crippen LogP contribution in [-0.2, 0) is 5.41 Å². The Morgan fingerprint density at radius 3 is 2.34 bits per heavy atom. The van der Waals surface area contributed by atoms with E-state index < -0.39 is 0 Å². The Morgan fingerprint density at radius 2 is 1.78 bits per heavy atom. The lowest BCUT2D eigenvalue weighted by Gasteiger charge is -2.23. The summed E-state index contributed by atoms with van der Waals surface area (Å²) in [4.78, 5) is 9.17. The maximum atomic E-state index is 4.75. The van der Waals surface area contributed by atoms with Gasteiger partial charge in [0.25, 0.3) is 0 Å². The minimum absolute atomic E-state index is 0.162. The zero-order chi connectivity index (χ0) is 23.7. The van der Waals surface area contributed by atoms with Crippen LogP contribution in [0.2, 0.25) is 0 Å². The predicted molar refractivity (Wildman–Crippen MR) is 141 cm³/mol. The van der Waals surface area contributed by atoms with Crippen molar-refractivity contribution in [2.24, 2.45) is 9.98 Å². The number of hydrogen-bond donors (Lipinski definition) is 2. The standard InChI is InChI=1S/C28H38N4/c1-9-28(6,7)24-15-13-23(14-16-24)27(29-8)32-22(5)31-26(17-20(2)3)19-30-25-12-10-11-21(4)18-25/h10-18,30H,2,9,19H2,1,3-8H3,(H,29,31,32)/b26-17-. The second-order valence-electron chi connectivity index (χ2n) is 8.92. The fourth-order valence-corrected chi connectivity index (χ4v) is 3.32. The van der Waals surface area contributed by atoms with E-state index in [0.717, 1.165) is 34.8 Å². The van der Waals surface area contributed by atoms with Crippen LogP contribution in [0.25, 0.3) is 0 Å². The van der Waals surface area contributed by atoms with Crippen molar-refractivity contribution in [1.82, 2.24) is 5.32 Å². The molecule has 0 aliphatic carbocycles. The molecule has 0 aliphatic heterocycles. The summed E-state index contributed by atoms with van der Waals surface area (Å²) in [6.07, 6.45) is 3.13. The molecule has 170 valence electrons. The average molecular weight is 431 g/mol. The van der Waals surface area contributed by atoms with Crippen LogP contribution in [-0.4, -0.2) is 25.3 Å². The molecule has 2 rings (SSSR count). The number of nitrogens with one attached hydrogen (secondary N) is 2. The molecule has 0 fully saturated rings. The molecule has 2 N–H and O–H groups in total. The summed E-state index contributed by atoms with van der Waals surface area (Å²) in [5, 5.41) is 6.88. The van der Waals surface area contributed by atoms with Gasteiger partial charge in [0.2, 0.25) is 0 Å². The van der Waals surface area contributed by atoms with Gasteiger partial charge in [0.1, 0.15) is 5.84 Å². The second-order valence-corrected chi connectivity index (χ2v) is 8.92. The first kappa shape index (κ1) is 25.1. The molecule has 4 nitrogen and oxygen atoms in total. The van der Waals surface area contributed by atoms with Crippen molar-refractivity contribution < 1.29 is 0 Å². The normalized spacial score (nSPS) is 13.2. The van der Waals surface area contributed by atoms with Crippen molar-refractivity contribution in [3.05, 3.63) is 89.1 Å². The zero-order valence-electron chi connectivity index (χ0n) is 20.7. The Labute approximate surface area is 194 Å². The maximum Gasteiger partial charge on any atom is 0.156 e. The molecular weight excluding hydrogens is 392 g/mol. The molecule has 0 saturated carbocycles.